The smallest absolute Gasteiger partial charge is 0.0758 e. The van der Waals surface area contributed by atoms with Gasteiger partial charge in [0, 0.05) is 25.4 Å². The summed E-state index contributed by atoms with van der Waals surface area (Å²) in [6.07, 6.45) is 10.1. The minimum Gasteiger partial charge on any atom is -0.396 e. The molecule has 4 rings (SSSR count). The Labute approximate surface area is 204 Å². The summed E-state index contributed by atoms with van der Waals surface area (Å²) in [4.78, 5) is 2.38. The molecule has 0 saturated carbocycles. The normalized spacial score (nSPS) is 19.6. The van der Waals surface area contributed by atoms with Crippen molar-refractivity contribution in [2.24, 2.45) is 0 Å². The molecule has 2 aromatic rings. The molecule has 2 aliphatic rings. The molecule has 0 bridgehead atoms. The van der Waals surface area contributed by atoms with Crippen LogP contribution in [0.5, 0.6) is 0 Å². The van der Waals surface area contributed by atoms with Crippen LogP contribution in [-0.4, -0.2) is 40.9 Å². The number of hydrogen-bond acceptors (Lipinski definition) is 3. The maximum atomic E-state index is 10.0. The van der Waals surface area contributed by atoms with E-state index in [1.54, 1.807) is 0 Å². The lowest BCUT2D eigenvalue weighted by Gasteiger charge is -2.34. The van der Waals surface area contributed by atoms with Crippen molar-refractivity contribution in [1.29, 1.82) is 0 Å². The van der Waals surface area contributed by atoms with E-state index >= 15 is 0 Å². The van der Waals surface area contributed by atoms with Crippen molar-refractivity contribution in [3.63, 3.8) is 0 Å². The van der Waals surface area contributed by atoms with Crippen molar-refractivity contribution in [1.82, 2.24) is 4.90 Å². The molecule has 3 heteroatoms. The van der Waals surface area contributed by atoms with Gasteiger partial charge in [0.25, 0.3) is 0 Å². The number of nitrogens with zero attached hydrogens (tertiary/aromatic N) is 1. The molecule has 2 aromatic carbocycles. The number of allylic oxidation sites excluding steroid dienone is 5. The molecule has 34 heavy (non-hydrogen) atoms. The van der Waals surface area contributed by atoms with E-state index in [0.717, 1.165) is 37.9 Å². The molecule has 0 amide bonds. The number of aliphatic hydroxyl groups excluding tert-OH is 2. The van der Waals surface area contributed by atoms with Crippen LogP contribution < -0.4 is 0 Å². The van der Waals surface area contributed by atoms with Gasteiger partial charge in [-0.2, -0.15) is 0 Å². The molecule has 1 saturated heterocycles. The second-order valence-corrected chi connectivity index (χ2v) is 9.49. The third-order valence-corrected chi connectivity index (χ3v) is 7.08. The summed E-state index contributed by atoms with van der Waals surface area (Å²) in [7, 11) is 0. The highest BCUT2D eigenvalue weighted by molar-refractivity contribution is 5.99. The Kier molecular flexibility index (Phi) is 8.21. The van der Waals surface area contributed by atoms with Gasteiger partial charge in [-0.25, -0.2) is 0 Å². The predicted molar refractivity (Wildman–Crippen MR) is 142 cm³/mol. The van der Waals surface area contributed by atoms with Crippen LogP contribution in [0.3, 0.4) is 0 Å². The maximum absolute atomic E-state index is 10.0. The summed E-state index contributed by atoms with van der Waals surface area (Å²) in [6, 6.07) is 19.6. The fourth-order valence-electron chi connectivity index (χ4n) is 5.13. The third kappa shape index (κ3) is 5.78. The van der Waals surface area contributed by atoms with E-state index in [0.29, 0.717) is 18.8 Å². The summed E-state index contributed by atoms with van der Waals surface area (Å²) < 4.78 is 0. The van der Waals surface area contributed by atoms with Gasteiger partial charge < -0.3 is 15.1 Å². The van der Waals surface area contributed by atoms with Crippen LogP contribution in [0.15, 0.2) is 90.7 Å². The van der Waals surface area contributed by atoms with E-state index in [2.05, 4.69) is 73.0 Å². The average molecular weight is 456 g/mol. The fourth-order valence-corrected chi connectivity index (χ4v) is 5.13. The van der Waals surface area contributed by atoms with Crippen LogP contribution in [0, 0.1) is 0 Å². The minimum atomic E-state index is -0.421. The van der Waals surface area contributed by atoms with E-state index < -0.39 is 6.10 Å². The molecule has 3 nitrogen and oxygen atoms in total. The molecular weight excluding hydrogens is 418 g/mol. The molecule has 1 heterocycles. The summed E-state index contributed by atoms with van der Waals surface area (Å²) in [6.45, 7) is 8.51. The van der Waals surface area contributed by atoms with Gasteiger partial charge in [-0.1, -0.05) is 79.4 Å². The Morgan fingerprint density at radius 3 is 2.29 bits per heavy atom. The average Bonchev–Trinajstić information content (AvgIpc) is 2.88. The van der Waals surface area contributed by atoms with Crippen LogP contribution in [0.4, 0.5) is 0 Å². The largest absolute Gasteiger partial charge is 0.396 e. The van der Waals surface area contributed by atoms with Crippen LogP contribution >= 0.6 is 0 Å². The van der Waals surface area contributed by atoms with Crippen molar-refractivity contribution < 1.29 is 10.2 Å². The number of benzene rings is 2. The van der Waals surface area contributed by atoms with E-state index in [1.807, 2.05) is 18.2 Å². The molecule has 1 atom stereocenters. The van der Waals surface area contributed by atoms with Crippen molar-refractivity contribution in [2.45, 2.75) is 51.0 Å². The monoisotopic (exact) mass is 455 g/mol. The molecule has 1 fully saturated rings. The standard InChI is InChI=1S/C31H37NO2/c1-23(2)32-20-18-25(19-21-32)24-10-12-27(13-11-24)31(28-14-16-29(34)17-15-28)30(9-6-22-33)26-7-4-3-5-8-26/h3-5,7-8,10-16,25,29,33-34H,1,6,9,17-22H2,2H3/b31-30+. The molecular formula is C31H37NO2. The maximum Gasteiger partial charge on any atom is 0.0758 e. The molecule has 1 aliphatic carbocycles. The highest BCUT2D eigenvalue weighted by Crippen LogP contribution is 2.38. The highest BCUT2D eigenvalue weighted by atomic mass is 16.3. The lowest BCUT2D eigenvalue weighted by molar-refractivity contribution is 0.225. The summed E-state index contributed by atoms with van der Waals surface area (Å²) in [5, 5.41) is 19.6. The van der Waals surface area contributed by atoms with Gasteiger partial charge in [0.1, 0.15) is 0 Å². The quantitative estimate of drug-likeness (QED) is 0.457. The summed E-state index contributed by atoms with van der Waals surface area (Å²) >= 11 is 0. The summed E-state index contributed by atoms with van der Waals surface area (Å²) in [5.41, 5.74) is 8.53. The van der Waals surface area contributed by atoms with Crippen molar-refractivity contribution in [3.05, 3.63) is 107 Å². The Bertz CT molecular complexity index is 1050. The predicted octanol–water partition coefficient (Wildman–Crippen LogP) is 6.33. The summed E-state index contributed by atoms with van der Waals surface area (Å²) in [5.74, 6) is 0.587. The third-order valence-electron chi connectivity index (χ3n) is 7.08. The number of aliphatic hydroxyl groups is 2. The number of rotatable bonds is 8. The van der Waals surface area contributed by atoms with Crippen LogP contribution in [0.1, 0.15) is 61.6 Å². The first-order valence-corrected chi connectivity index (χ1v) is 12.5. The Morgan fingerprint density at radius 2 is 1.71 bits per heavy atom. The zero-order valence-electron chi connectivity index (χ0n) is 20.3. The van der Waals surface area contributed by atoms with Crippen molar-refractivity contribution in [3.8, 4) is 0 Å². The molecule has 0 aromatic heterocycles. The zero-order chi connectivity index (χ0) is 23.9. The highest BCUT2D eigenvalue weighted by Gasteiger charge is 2.21. The lowest BCUT2D eigenvalue weighted by atomic mass is 9.83. The lowest BCUT2D eigenvalue weighted by Crippen LogP contribution is -2.31. The topological polar surface area (TPSA) is 43.7 Å². The van der Waals surface area contributed by atoms with Gasteiger partial charge >= 0.3 is 0 Å². The second kappa shape index (κ2) is 11.5. The molecule has 0 radical (unpaired) electrons. The molecule has 1 aliphatic heterocycles. The van der Waals surface area contributed by atoms with Crippen LogP contribution in [-0.2, 0) is 0 Å². The van der Waals surface area contributed by atoms with Crippen molar-refractivity contribution in [2.75, 3.05) is 19.7 Å². The first-order chi connectivity index (χ1) is 16.6. The first-order valence-electron chi connectivity index (χ1n) is 12.5. The van der Waals surface area contributed by atoms with E-state index in [4.69, 9.17) is 0 Å². The Balaban J connectivity index is 1.70. The molecule has 178 valence electrons. The molecule has 0 spiro atoms. The van der Waals surface area contributed by atoms with Crippen molar-refractivity contribution >= 4 is 11.1 Å². The van der Waals surface area contributed by atoms with Gasteiger partial charge in [0.2, 0.25) is 0 Å². The van der Waals surface area contributed by atoms with E-state index in [9.17, 15) is 10.2 Å². The SMILES string of the molecule is C=C(C)N1CCC(c2ccc(/C(C3=CCC(O)C=C3)=C(/CCCO)c3ccccc3)cc2)CC1. The fraction of sp³-hybridized carbons (Fsp3) is 0.355. The van der Waals surface area contributed by atoms with Gasteiger partial charge in [-0.3, -0.25) is 0 Å². The van der Waals surface area contributed by atoms with E-state index in [1.165, 1.54) is 33.5 Å². The molecule has 2 N–H and O–H groups in total. The second-order valence-electron chi connectivity index (χ2n) is 9.49. The minimum absolute atomic E-state index is 0.166. The van der Waals surface area contributed by atoms with Gasteiger partial charge in [0.15, 0.2) is 0 Å². The Hall–Kier alpha value is -2.88. The van der Waals surface area contributed by atoms with Crippen LogP contribution in [0.2, 0.25) is 0 Å². The molecule has 1 unspecified atom stereocenters. The van der Waals surface area contributed by atoms with Crippen LogP contribution in [0.25, 0.3) is 11.1 Å². The number of piperidine rings is 1. The van der Waals surface area contributed by atoms with E-state index in [-0.39, 0.29) is 6.61 Å². The first kappa shape index (κ1) is 24.3. The zero-order valence-corrected chi connectivity index (χ0v) is 20.3. The number of likely N-dealkylation sites (tertiary alicyclic amines) is 1. The van der Waals surface area contributed by atoms with Gasteiger partial charge in [-0.15, -0.1) is 0 Å². The Morgan fingerprint density at radius 1 is 1.00 bits per heavy atom. The van der Waals surface area contributed by atoms with Gasteiger partial charge in [0.05, 0.1) is 6.10 Å². The number of hydrogen-bond donors (Lipinski definition) is 2. The van der Waals surface area contributed by atoms with Gasteiger partial charge in [-0.05, 0) is 78.4 Å².